The highest BCUT2D eigenvalue weighted by molar-refractivity contribution is 7.92. The van der Waals surface area contributed by atoms with Crippen LogP contribution in [0.3, 0.4) is 0 Å². The molecule has 0 atom stereocenters. The summed E-state index contributed by atoms with van der Waals surface area (Å²) in [5.74, 6) is 1.02. The zero-order chi connectivity index (χ0) is 24.0. The van der Waals surface area contributed by atoms with E-state index in [1.165, 1.54) is 12.1 Å². The molecule has 0 aromatic heterocycles. The number of hydrogen-bond acceptors (Lipinski definition) is 5. The van der Waals surface area contributed by atoms with Gasteiger partial charge in [-0.25, -0.2) is 8.42 Å². The van der Waals surface area contributed by atoms with Crippen molar-refractivity contribution in [1.82, 2.24) is 5.32 Å². The van der Waals surface area contributed by atoms with Crippen molar-refractivity contribution in [2.45, 2.75) is 25.2 Å². The first-order chi connectivity index (χ1) is 15.7. The molecule has 0 bridgehead atoms. The minimum atomic E-state index is -3.84. The number of sulfonamides is 1. The minimum absolute atomic E-state index is 0.0237. The van der Waals surface area contributed by atoms with E-state index in [9.17, 15) is 13.2 Å². The second-order valence-corrected chi connectivity index (χ2v) is 9.31. The first-order valence-corrected chi connectivity index (χ1v) is 11.9. The Morgan fingerprint density at radius 3 is 2.30 bits per heavy atom. The molecule has 174 valence electrons. The monoisotopic (exact) mass is 468 g/mol. The molecule has 0 aliphatic rings. The van der Waals surface area contributed by atoms with Crippen LogP contribution in [0.2, 0.25) is 0 Å². The Balaban J connectivity index is 1.71. The Kier molecular flexibility index (Phi) is 7.60. The highest BCUT2D eigenvalue weighted by atomic mass is 32.2. The van der Waals surface area contributed by atoms with E-state index in [0.717, 1.165) is 11.1 Å². The molecule has 1 amide bonds. The van der Waals surface area contributed by atoms with Crippen LogP contribution in [0.1, 0.15) is 27.0 Å². The van der Waals surface area contributed by atoms with Gasteiger partial charge in [0.2, 0.25) is 0 Å². The maximum absolute atomic E-state index is 12.8. The second-order valence-electron chi connectivity index (χ2n) is 7.63. The summed E-state index contributed by atoms with van der Waals surface area (Å²) in [5.41, 5.74) is 3.40. The molecule has 2 N–H and O–H groups in total. The summed E-state index contributed by atoms with van der Waals surface area (Å²) in [4.78, 5) is 12.8. The van der Waals surface area contributed by atoms with Gasteiger partial charge in [-0.2, -0.15) is 0 Å². The van der Waals surface area contributed by atoms with Crippen molar-refractivity contribution in [3.63, 3.8) is 0 Å². The van der Waals surface area contributed by atoms with Crippen molar-refractivity contribution in [2.75, 3.05) is 25.5 Å². The van der Waals surface area contributed by atoms with E-state index in [4.69, 9.17) is 9.47 Å². The first kappa shape index (κ1) is 24.1. The molecule has 3 rings (SSSR count). The summed E-state index contributed by atoms with van der Waals surface area (Å²) in [6, 6.07) is 17.1. The average Bonchev–Trinajstić information content (AvgIpc) is 2.80. The van der Waals surface area contributed by atoms with Gasteiger partial charge in [0, 0.05) is 23.9 Å². The smallest absolute Gasteiger partial charge is 0.261 e. The van der Waals surface area contributed by atoms with E-state index < -0.39 is 10.0 Å². The number of rotatable bonds is 9. The average molecular weight is 469 g/mol. The summed E-state index contributed by atoms with van der Waals surface area (Å²) < 4.78 is 38.8. The number of carbonyl (C=O) groups excluding carboxylic acids is 1. The molecule has 3 aromatic carbocycles. The lowest BCUT2D eigenvalue weighted by Crippen LogP contribution is -2.27. The topological polar surface area (TPSA) is 93.7 Å². The van der Waals surface area contributed by atoms with Gasteiger partial charge in [0.05, 0.1) is 19.1 Å². The third-order valence-electron chi connectivity index (χ3n) is 5.24. The third-order valence-corrected chi connectivity index (χ3v) is 6.62. The van der Waals surface area contributed by atoms with Gasteiger partial charge in [0.1, 0.15) is 11.5 Å². The Hall–Kier alpha value is -3.52. The molecule has 0 saturated heterocycles. The number of ether oxygens (including phenoxy) is 2. The van der Waals surface area contributed by atoms with Crippen LogP contribution < -0.4 is 19.5 Å². The first-order valence-electron chi connectivity index (χ1n) is 10.4. The van der Waals surface area contributed by atoms with Crippen molar-refractivity contribution < 1.29 is 22.7 Å². The fraction of sp³-hybridized carbons (Fsp3) is 0.240. The molecule has 0 spiro atoms. The normalized spacial score (nSPS) is 11.0. The SMILES string of the molecule is COc1ccc(CCNC(=O)c2cc(S(=O)(=O)Nc3ccc(C)cc3)ccc2C)c(OC)c1. The van der Waals surface area contributed by atoms with Crippen LogP contribution in [0.5, 0.6) is 11.5 Å². The van der Waals surface area contributed by atoms with Gasteiger partial charge in [-0.1, -0.05) is 29.8 Å². The molecule has 0 radical (unpaired) electrons. The molecule has 0 heterocycles. The number of nitrogens with one attached hydrogen (secondary N) is 2. The fourth-order valence-corrected chi connectivity index (χ4v) is 4.40. The van der Waals surface area contributed by atoms with Gasteiger partial charge in [0.25, 0.3) is 15.9 Å². The molecular weight excluding hydrogens is 440 g/mol. The Labute approximate surface area is 194 Å². The van der Waals surface area contributed by atoms with Crippen LogP contribution >= 0.6 is 0 Å². The lowest BCUT2D eigenvalue weighted by Gasteiger charge is -2.13. The standard InChI is InChI=1S/C25H28N2O5S/c1-17-5-9-20(10-6-17)27-33(29,30)22-12-7-18(2)23(16-22)25(28)26-14-13-19-8-11-21(31-3)15-24(19)32-4/h5-12,15-16,27H,13-14H2,1-4H3,(H,26,28). The zero-order valence-electron chi connectivity index (χ0n) is 19.1. The molecular formula is C25H28N2O5S. The second kappa shape index (κ2) is 10.4. The number of benzene rings is 3. The van der Waals surface area contributed by atoms with E-state index in [0.29, 0.717) is 41.3 Å². The molecule has 0 saturated carbocycles. The molecule has 0 aliphatic heterocycles. The number of carbonyl (C=O) groups is 1. The maximum Gasteiger partial charge on any atom is 0.261 e. The van der Waals surface area contributed by atoms with E-state index in [1.807, 2.05) is 31.2 Å². The van der Waals surface area contributed by atoms with Crippen LogP contribution in [0.15, 0.2) is 65.6 Å². The molecule has 33 heavy (non-hydrogen) atoms. The summed E-state index contributed by atoms with van der Waals surface area (Å²) in [5, 5.41) is 2.86. The van der Waals surface area contributed by atoms with Gasteiger partial charge < -0.3 is 14.8 Å². The Morgan fingerprint density at radius 2 is 1.64 bits per heavy atom. The van der Waals surface area contributed by atoms with E-state index in [1.54, 1.807) is 45.4 Å². The van der Waals surface area contributed by atoms with Crippen LogP contribution in [-0.4, -0.2) is 35.1 Å². The number of amides is 1. The quantitative estimate of drug-likeness (QED) is 0.493. The van der Waals surface area contributed by atoms with Crippen molar-refractivity contribution in [1.29, 1.82) is 0 Å². The molecule has 0 fully saturated rings. The lowest BCUT2D eigenvalue weighted by molar-refractivity contribution is 0.0953. The Morgan fingerprint density at radius 1 is 0.909 bits per heavy atom. The van der Waals surface area contributed by atoms with E-state index >= 15 is 0 Å². The summed E-state index contributed by atoms with van der Waals surface area (Å²) in [6.07, 6.45) is 0.547. The number of anilines is 1. The predicted molar refractivity (Wildman–Crippen MR) is 129 cm³/mol. The van der Waals surface area contributed by atoms with Crippen molar-refractivity contribution in [3.05, 3.63) is 82.9 Å². The molecule has 3 aromatic rings. The van der Waals surface area contributed by atoms with Crippen molar-refractivity contribution >= 4 is 21.6 Å². The molecule has 8 heteroatoms. The van der Waals surface area contributed by atoms with Gasteiger partial charge in [-0.05, 0) is 61.7 Å². The number of methoxy groups -OCH3 is 2. The summed E-state index contributed by atoms with van der Waals surface area (Å²) >= 11 is 0. The van der Waals surface area contributed by atoms with Gasteiger partial charge >= 0.3 is 0 Å². The van der Waals surface area contributed by atoms with Crippen LogP contribution in [0.25, 0.3) is 0 Å². The van der Waals surface area contributed by atoms with Crippen LogP contribution in [0, 0.1) is 13.8 Å². The number of aryl methyl sites for hydroxylation is 2. The highest BCUT2D eigenvalue weighted by Gasteiger charge is 2.18. The molecule has 0 aliphatic carbocycles. The van der Waals surface area contributed by atoms with E-state index in [2.05, 4.69) is 10.0 Å². The predicted octanol–water partition coefficient (Wildman–Crippen LogP) is 4.09. The van der Waals surface area contributed by atoms with E-state index in [-0.39, 0.29) is 10.8 Å². The Bertz CT molecular complexity index is 1240. The van der Waals surface area contributed by atoms with Gasteiger partial charge in [-0.15, -0.1) is 0 Å². The van der Waals surface area contributed by atoms with Crippen LogP contribution in [0.4, 0.5) is 5.69 Å². The fourth-order valence-electron chi connectivity index (χ4n) is 3.31. The molecule has 7 nitrogen and oxygen atoms in total. The summed E-state index contributed by atoms with van der Waals surface area (Å²) in [7, 11) is -0.671. The highest BCUT2D eigenvalue weighted by Crippen LogP contribution is 2.25. The van der Waals surface area contributed by atoms with Gasteiger partial charge in [0.15, 0.2) is 0 Å². The lowest BCUT2D eigenvalue weighted by atomic mass is 10.1. The summed E-state index contributed by atoms with van der Waals surface area (Å²) in [6.45, 7) is 4.05. The van der Waals surface area contributed by atoms with Crippen molar-refractivity contribution in [2.24, 2.45) is 0 Å². The van der Waals surface area contributed by atoms with Crippen molar-refractivity contribution in [3.8, 4) is 11.5 Å². The van der Waals surface area contributed by atoms with Gasteiger partial charge in [-0.3, -0.25) is 9.52 Å². The van der Waals surface area contributed by atoms with Crippen LogP contribution in [-0.2, 0) is 16.4 Å². The third kappa shape index (κ3) is 6.04. The maximum atomic E-state index is 12.8. The number of hydrogen-bond donors (Lipinski definition) is 2. The minimum Gasteiger partial charge on any atom is -0.497 e. The molecule has 0 unspecified atom stereocenters. The largest absolute Gasteiger partial charge is 0.497 e. The zero-order valence-corrected chi connectivity index (χ0v) is 20.0.